The van der Waals surface area contributed by atoms with Crippen molar-refractivity contribution in [2.75, 3.05) is 24.6 Å². The Kier molecular flexibility index (Phi) is 9.62. The molecule has 0 aromatic heterocycles. The molecule has 2 aromatic carbocycles. The Morgan fingerprint density at radius 2 is 1.85 bits per heavy atom. The van der Waals surface area contributed by atoms with Gasteiger partial charge in [-0.1, -0.05) is 82.1 Å². The van der Waals surface area contributed by atoms with Gasteiger partial charge in [0.25, 0.3) is 5.91 Å². The zero-order chi connectivity index (χ0) is 33.5. The Balaban J connectivity index is 1.52. The van der Waals surface area contributed by atoms with Crippen LogP contribution in [0, 0.1) is 18.8 Å². The molecule has 47 heavy (non-hydrogen) atoms. The van der Waals surface area contributed by atoms with Crippen LogP contribution in [0.3, 0.4) is 0 Å². The minimum Gasteiger partial charge on any atom is -0.460 e. The van der Waals surface area contributed by atoms with E-state index in [0.717, 1.165) is 11.1 Å². The summed E-state index contributed by atoms with van der Waals surface area (Å²) in [4.78, 5) is 59.2. The topological polar surface area (TPSA) is 125 Å². The summed E-state index contributed by atoms with van der Waals surface area (Å²) in [5.41, 5.74) is 0.538. The second kappa shape index (κ2) is 13.5. The number of carbonyl (C=O) groups excluding carboxylic acids is 4. The highest BCUT2D eigenvalue weighted by Gasteiger charge is 2.75. The number of rotatable bonds is 5. The Labute approximate surface area is 286 Å². The number of ether oxygens (including phenoxy) is 2. The fourth-order valence-electron chi connectivity index (χ4n) is 7.32. The molecule has 4 aliphatic heterocycles. The molecular weight excluding hydrogens is 690 g/mol. The first-order chi connectivity index (χ1) is 22.6. The molecular formula is C35H37BrClN3O7. The van der Waals surface area contributed by atoms with Crippen LogP contribution in [0.25, 0.3) is 0 Å². The standard InChI is InChI=1S/C35H37BrClN3O7/c1-20-10-9-13-25(37)29(20)39-15-8-4-7-14-26(42)38-18-21(2)46-34(45)27-28-32(43)40(23(19-41)16-22-11-5-3-6-12-22)31(33(39)44)35(28)17-24(36)30(27)47-35/h3-6,8-13,17,21,23,27-28,30-31,41H,7,14-16,18-19H2,1-2H3,(H,38,42)/b8-4-/t21-,23+,27+,28-,30+,31+,35-/m0/s1. The zero-order valence-electron chi connectivity index (χ0n) is 26.1. The molecule has 2 N–H and O–H groups in total. The molecule has 1 spiro atoms. The van der Waals surface area contributed by atoms with E-state index in [0.29, 0.717) is 21.6 Å². The molecule has 6 rings (SSSR count). The van der Waals surface area contributed by atoms with Crippen molar-refractivity contribution in [2.24, 2.45) is 11.8 Å². The van der Waals surface area contributed by atoms with E-state index in [4.69, 9.17) is 21.1 Å². The van der Waals surface area contributed by atoms with E-state index in [1.807, 2.05) is 49.4 Å². The lowest BCUT2D eigenvalue weighted by atomic mass is 9.74. The van der Waals surface area contributed by atoms with Gasteiger partial charge < -0.3 is 29.7 Å². The van der Waals surface area contributed by atoms with E-state index in [1.54, 1.807) is 31.2 Å². The van der Waals surface area contributed by atoms with Gasteiger partial charge in [-0.05, 0) is 50.0 Å². The predicted molar refractivity (Wildman–Crippen MR) is 179 cm³/mol. The highest BCUT2D eigenvalue weighted by atomic mass is 79.9. The van der Waals surface area contributed by atoms with E-state index >= 15 is 4.79 Å². The van der Waals surface area contributed by atoms with E-state index in [2.05, 4.69) is 21.2 Å². The minimum atomic E-state index is -1.53. The summed E-state index contributed by atoms with van der Waals surface area (Å²) in [7, 11) is 0. The predicted octanol–water partition coefficient (Wildman–Crippen LogP) is 3.86. The van der Waals surface area contributed by atoms with Gasteiger partial charge in [-0.25, -0.2) is 0 Å². The maximum absolute atomic E-state index is 15.2. The number of carbonyl (C=O) groups is 4. The molecule has 4 heterocycles. The van der Waals surface area contributed by atoms with Gasteiger partial charge in [0.05, 0.1) is 35.8 Å². The maximum Gasteiger partial charge on any atom is 0.313 e. The number of nitrogens with zero attached hydrogens (tertiary/aromatic N) is 2. The van der Waals surface area contributed by atoms with Crippen LogP contribution in [0.15, 0.2) is 71.2 Å². The molecule has 7 atom stereocenters. The van der Waals surface area contributed by atoms with Crippen LogP contribution in [0.2, 0.25) is 5.02 Å². The molecule has 248 valence electrons. The number of aliphatic hydroxyl groups is 1. The molecule has 5 bridgehead atoms. The van der Waals surface area contributed by atoms with Crippen molar-refractivity contribution in [2.45, 2.75) is 63.0 Å². The summed E-state index contributed by atoms with van der Waals surface area (Å²) in [5, 5.41) is 13.9. The third kappa shape index (κ3) is 6.03. The van der Waals surface area contributed by atoms with Crippen molar-refractivity contribution in [3.63, 3.8) is 0 Å². The molecule has 2 saturated heterocycles. The molecule has 3 amide bonds. The molecule has 2 aromatic rings. The van der Waals surface area contributed by atoms with Crippen molar-refractivity contribution in [1.82, 2.24) is 10.2 Å². The summed E-state index contributed by atoms with van der Waals surface area (Å²) in [6.45, 7) is 3.27. The number of cyclic esters (lactones) is 1. The van der Waals surface area contributed by atoms with Crippen LogP contribution in [0.1, 0.15) is 30.9 Å². The van der Waals surface area contributed by atoms with Gasteiger partial charge in [-0.15, -0.1) is 0 Å². The van der Waals surface area contributed by atoms with Crippen LogP contribution in [-0.4, -0.2) is 83.3 Å². The molecule has 0 unspecified atom stereocenters. The normalized spacial score (nSPS) is 30.9. The quantitative estimate of drug-likeness (QED) is 0.355. The lowest BCUT2D eigenvalue weighted by Gasteiger charge is -2.39. The van der Waals surface area contributed by atoms with Gasteiger partial charge in [-0.2, -0.15) is 0 Å². The van der Waals surface area contributed by atoms with Crippen LogP contribution in [-0.2, 0) is 35.1 Å². The summed E-state index contributed by atoms with van der Waals surface area (Å²) < 4.78 is 12.9. The highest BCUT2D eigenvalue weighted by Crippen LogP contribution is 2.59. The van der Waals surface area contributed by atoms with Crippen molar-refractivity contribution in [3.05, 3.63) is 87.4 Å². The van der Waals surface area contributed by atoms with Crippen molar-refractivity contribution < 1.29 is 33.8 Å². The van der Waals surface area contributed by atoms with Crippen molar-refractivity contribution in [1.29, 1.82) is 0 Å². The number of allylic oxidation sites excluding steroid dienone is 1. The van der Waals surface area contributed by atoms with E-state index < -0.39 is 66.1 Å². The zero-order valence-corrected chi connectivity index (χ0v) is 28.4. The maximum atomic E-state index is 15.2. The second-order valence-corrected chi connectivity index (χ2v) is 13.8. The van der Waals surface area contributed by atoms with E-state index in [-0.39, 0.29) is 31.8 Å². The molecule has 0 saturated carbocycles. The lowest BCUT2D eigenvalue weighted by Crippen LogP contribution is -2.59. The van der Waals surface area contributed by atoms with Crippen LogP contribution in [0.5, 0.6) is 0 Å². The molecule has 0 radical (unpaired) electrons. The fourth-order valence-corrected chi connectivity index (χ4v) is 8.38. The first kappa shape index (κ1) is 33.4. The number of aryl methyl sites for hydroxylation is 1. The molecule has 4 aliphatic rings. The first-order valence-electron chi connectivity index (χ1n) is 15.8. The van der Waals surface area contributed by atoms with E-state index in [9.17, 15) is 19.5 Å². The Morgan fingerprint density at radius 1 is 1.09 bits per heavy atom. The number of hydrogen-bond acceptors (Lipinski definition) is 7. The van der Waals surface area contributed by atoms with Crippen molar-refractivity contribution >= 4 is 56.9 Å². The van der Waals surface area contributed by atoms with Crippen LogP contribution >= 0.6 is 27.5 Å². The molecule has 0 aliphatic carbocycles. The summed E-state index contributed by atoms with van der Waals surface area (Å²) >= 11 is 10.3. The highest BCUT2D eigenvalue weighted by molar-refractivity contribution is 9.11. The monoisotopic (exact) mass is 725 g/mol. The number of aliphatic hydroxyl groups excluding tert-OH is 1. The number of esters is 1. The average molecular weight is 727 g/mol. The Morgan fingerprint density at radius 3 is 2.57 bits per heavy atom. The summed E-state index contributed by atoms with van der Waals surface area (Å²) in [6.07, 6.45) is 4.70. The van der Waals surface area contributed by atoms with Crippen LogP contribution < -0.4 is 10.2 Å². The van der Waals surface area contributed by atoms with Gasteiger partial charge in [0, 0.05) is 17.4 Å². The second-order valence-electron chi connectivity index (χ2n) is 12.5. The Bertz CT molecular complexity index is 1610. The van der Waals surface area contributed by atoms with Crippen LogP contribution in [0.4, 0.5) is 5.69 Å². The number of para-hydroxylation sites is 1. The van der Waals surface area contributed by atoms with Gasteiger partial charge in [0.15, 0.2) is 0 Å². The number of amides is 3. The Hall–Kier alpha value is -3.51. The lowest BCUT2D eigenvalue weighted by molar-refractivity contribution is -0.159. The first-order valence-corrected chi connectivity index (χ1v) is 17.0. The molecule has 10 nitrogen and oxygen atoms in total. The number of likely N-dealkylation sites (tertiary alicyclic amines) is 1. The summed E-state index contributed by atoms with van der Waals surface area (Å²) in [5.74, 6) is -3.99. The fraction of sp³-hybridized carbons (Fsp3) is 0.429. The summed E-state index contributed by atoms with van der Waals surface area (Å²) in [6, 6.07) is 12.7. The third-order valence-electron chi connectivity index (χ3n) is 9.41. The smallest absolute Gasteiger partial charge is 0.313 e. The SMILES string of the molecule is Cc1cccc(Cl)c1N1C/C=C\CCC(=O)NC[C@H](C)OC(=O)[C@H]2[C@@H]3O[C@@]4(C=C3Br)[C@@H]2C(=O)N([C@@H](CO)Cc2ccccc2)[C@@H]4C1=O. The molecule has 12 heteroatoms. The number of hydrogen-bond donors (Lipinski definition) is 2. The number of halogens is 2. The van der Waals surface area contributed by atoms with Gasteiger partial charge in [-0.3, -0.25) is 19.2 Å². The number of nitrogens with one attached hydrogen (secondary N) is 1. The third-order valence-corrected chi connectivity index (χ3v) is 10.4. The molecule has 2 fully saturated rings. The van der Waals surface area contributed by atoms with Gasteiger partial charge >= 0.3 is 5.97 Å². The van der Waals surface area contributed by atoms with Gasteiger partial charge in [0.1, 0.15) is 29.8 Å². The minimum absolute atomic E-state index is 0.0869. The number of fused-ring (bicyclic) bond motifs is 2. The van der Waals surface area contributed by atoms with Gasteiger partial charge in [0.2, 0.25) is 11.8 Å². The van der Waals surface area contributed by atoms with Crippen molar-refractivity contribution in [3.8, 4) is 0 Å². The average Bonchev–Trinajstić information content (AvgIpc) is 3.64. The number of benzene rings is 2. The number of anilines is 1. The van der Waals surface area contributed by atoms with E-state index in [1.165, 1.54) is 9.80 Å². The largest absolute Gasteiger partial charge is 0.460 e.